The smallest absolute Gasteiger partial charge is 0.343 e. The number of carbonyl (C=O) groups is 1. The van der Waals surface area contributed by atoms with E-state index in [2.05, 4.69) is 14.5 Å². The van der Waals surface area contributed by atoms with Gasteiger partial charge in [0.05, 0.1) is 12.9 Å². The van der Waals surface area contributed by atoms with Gasteiger partial charge in [-0.25, -0.2) is 9.55 Å². The molecule has 0 aromatic carbocycles. The molecule has 0 saturated carbocycles. The van der Waals surface area contributed by atoms with E-state index in [-0.39, 0.29) is 25.5 Å². The molecule has 1 aromatic heterocycles. The summed E-state index contributed by atoms with van der Waals surface area (Å²) in [5, 5.41) is 12.9. The van der Waals surface area contributed by atoms with Gasteiger partial charge in [0, 0.05) is 6.54 Å². The molecule has 1 N–H and O–H groups in total. The Balaban J connectivity index is 2.39. The average molecular weight is 292 g/mol. The number of nitrogens with zero attached hydrogens (tertiary/aromatic N) is 3. The monoisotopic (exact) mass is 292 g/mol. The average Bonchev–Trinajstić information content (AvgIpc) is 2.71. The quantitative estimate of drug-likeness (QED) is 0.291. The van der Waals surface area contributed by atoms with E-state index in [4.69, 9.17) is 0 Å². The largest absolute Gasteiger partial charge is 0.358 e. The first-order valence-corrected chi connectivity index (χ1v) is 6.87. The van der Waals surface area contributed by atoms with Crippen LogP contribution in [0.2, 0.25) is 0 Å². The Bertz CT molecular complexity index is 566. The highest BCUT2D eigenvalue weighted by molar-refractivity contribution is 7.85. The van der Waals surface area contributed by atoms with Gasteiger partial charge in [-0.1, -0.05) is 0 Å². The Morgan fingerprint density at radius 1 is 1.63 bits per heavy atom. The molecule has 1 aromatic rings. The molecule has 0 unspecified atom stereocenters. The van der Waals surface area contributed by atoms with Crippen LogP contribution in [0.1, 0.15) is 0 Å². The summed E-state index contributed by atoms with van der Waals surface area (Å²) in [4.78, 5) is 24.9. The highest BCUT2D eigenvalue weighted by atomic mass is 32.2. The zero-order valence-electron chi connectivity index (χ0n) is 9.98. The first-order chi connectivity index (χ1) is 8.79. The molecule has 1 rings (SSSR count). The van der Waals surface area contributed by atoms with E-state index in [0.717, 1.165) is 23.3 Å². The Kier molecular flexibility index (Phi) is 4.94. The van der Waals surface area contributed by atoms with E-state index in [1.54, 1.807) is 0 Å². The highest BCUT2D eigenvalue weighted by Crippen LogP contribution is 2.08. The third-order valence-electron chi connectivity index (χ3n) is 1.91. The van der Waals surface area contributed by atoms with Crippen LogP contribution in [-0.2, 0) is 25.6 Å². The van der Waals surface area contributed by atoms with E-state index in [9.17, 15) is 23.3 Å². The summed E-state index contributed by atoms with van der Waals surface area (Å²) in [7, 11) is -3.55. The standard InChI is InChI=1S/C8H12N4O6S/c1-19(16,17)18-3-2-10-7(13)5-11-6-9-4-8(11)12(14)15/h4,6H,2-3,5H2,1H3,(H,10,13). The molecule has 0 fully saturated rings. The van der Waals surface area contributed by atoms with Crippen molar-refractivity contribution in [2.45, 2.75) is 6.54 Å². The van der Waals surface area contributed by atoms with Crippen molar-refractivity contribution < 1.29 is 22.3 Å². The molecule has 0 bridgehead atoms. The van der Waals surface area contributed by atoms with Gasteiger partial charge in [-0.15, -0.1) is 0 Å². The van der Waals surface area contributed by atoms with Gasteiger partial charge in [-0.3, -0.25) is 8.98 Å². The third-order valence-corrected chi connectivity index (χ3v) is 2.51. The SMILES string of the molecule is CS(=O)(=O)OCCNC(=O)Cn1cncc1[N+](=O)[O-]. The molecule has 0 aliphatic heterocycles. The van der Waals surface area contributed by atoms with Crippen molar-refractivity contribution in [2.24, 2.45) is 0 Å². The molecular formula is C8H12N4O6S. The number of hydrogen-bond acceptors (Lipinski definition) is 7. The van der Waals surface area contributed by atoms with E-state index in [1.165, 1.54) is 0 Å². The minimum absolute atomic E-state index is 0.0194. The summed E-state index contributed by atoms with van der Waals surface area (Å²) in [6, 6.07) is 0. The topological polar surface area (TPSA) is 133 Å². The van der Waals surface area contributed by atoms with E-state index in [0.29, 0.717) is 0 Å². The summed E-state index contributed by atoms with van der Waals surface area (Å²) in [6.45, 7) is -0.500. The molecule has 1 heterocycles. The van der Waals surface area contributed by atoms with Crippen LogP contribution >= 0.6 is 0 Å². The lowest BCUT2D eigenvalue weighted by atomic mass is 10.5. The molecule has 0 aliphatic rings. The van der Waals surface area contributed by atoms with Gasteiger partial charge in [0.1, 0.15) is 6.20 Å². The predicted octanol–water partition coefficient (Wildman–Crippen LogP) is -1.12. The normalized spacial score (nSPS) is 11.2. The number of nitro groups is 1. The lowest BCUT2D eigenvalue weighted by Crippen LogP contribution is -2.31. The van der Waals surface area contributed by atoms with Crippen LogP contribution in [0, 0.1) is 10.1 Å². The van der Waals surface area contributed by atoms with E-state index >= 15 is 0 Å². The second-order valence-corrected chi connectivity index (χ2v) is 5.16. The lowest BCUT2D eigenvalue weighted by molar-refractivity contribution is -0.392. The fourth-order valence-electron chi connectivity index (χ4n) is 1.18. The summed E-state index contributed by atoms with van der Waals surface area (Å²) in [6.07, 6.45) is 3.08. The predicted molar refractivity (Wildman–Crippen MR) is 62.7 cm³/mol. The van der Waals surface area contributed by atoms with Gasteiger partial charge in [0.2, 0.25) is 0 Å². The Morgan fingerprint density at radius 3 is 2.89 bits per heavy atom. The molecule has 0 saturated heterocycles. The van der Waals surface area contributed by atoms with Crippen molar-refractivity contribution in [2.75, 3.05) is 19.4 Å². The summed E-state index contributed by atoms with van der Waals surface area (Å²) >= 11 is 0. The minimum atomic E-state index is -3.55. The van der Waals surface area contributed by atoms with E-state index in [1.807, 2.05) is 0 Å². The number of aromatic nitrogens is 2. The highest BCUT2D eigenvalue weighted by Gasteiger charge is 2.16. The summed E-state index contributed by atoms with van der Waals surface area (Å²) in [5.41, 5.74) is 0. The fourth-order valence-corrected chi connectivity index (χ4v) is 1.57. The first-order valence-electron chi connectivity index (χ1n) is 5.05. The van der Waals surface area contributed by atoms with Crippen LogP contribution in [0.3, 0.4) is 0 Å². The van der Waals surface area contributed by atoms with Crippen molar-refractivity contribution in [1.29, 1.82) is 0 Å². The van der Waals surface area contributed by atoms with Crippen LogP contribution in [0.15, 0.2) is 12.5 Å². The molecule has 10 nitrogen and oxygen atoms in total. The lowest BCUT2D eigenvalue weighted by Gasteiger charge is -2.04. The van der Waals surface area contributed by atoms with Gasteiger partial charge in [-0.2, -0.15) is 8.42 Å². The molecule has 106 valence electrons. The molecule has 19 heavy (non-hydrogen) atoms. The first kappa shape index (κ1) is 15.0. The van der Waals surface area contributed by atoms with E-state index < -0.39 is 20.9 Å². The number of rotatable bonds is 7. The Morgan fingerprint density at radius 2 is 2.32 bits per heavy atom. The second-order valence-electron chi connectivity index (χ2n) is 3.51. The molecule has 0 spiro atoms. The van der Waals surface area contributed by atoms with Gasteiger partial charge in [0.15, 0.2) is 12.9 Å². The third kappa shape index (κ3) is 5.44. The van der Waals surface area contributed by atoms with Gasteiger partial charge >= 0.3 is 5.82 Å². The van der Waals surface area contributed by atoms with Crippen molar-refractivity contribution in [3.63, 3.8) is 0 Å². The minimum Gasteiger partial charge on any atom is -0.358 e. The van der Waals surface area contributed by atoms with Crippen LogP contribution in [-0.4, -0.2) is 48.2 Å². The van der Waals surface area contributed by atoms with Gasteiger partial charge in [-0.05, 0) is 4.92 Å². The maximum atomic E-state index is 11.4. The maximum Gasteiger partial charge on any atom is 0.343 e. The second kappa shape index (κ2) is 6.24. The zero-order chi connectivity index (χ0) is 14.5. The maximum absolute atomic E-state index is 11.4. The number of hydrogen-bond donors (Lipinski definition) is 1. The molecular weight excluding hydrogens is 280 g/mol. The summed E-state index contributed by atoms with van der Waals surface area (Å²) < 4.78 is 26.7. The molecule has 1 amide bonds. The van der Waals surface area contributed by atoms with Crippen molar-refractivity contribution in [1.82, 2.24) is 14.9 Å². The Hall–Kier alpha value is -2.01. The molecule has 0 atom stereocenters. The van der Waals surface area contributed by atoms with Gasteiger partial charge in [0.25, 0.3) is 16.0 Å². The zero-order valence-corrected chi connectivity index (χ0v) is 10.8. The van der Waals surface area contributed by atoms with Crippen LogP contribution < -0.4 is 5.32 Å². The molecule has 0 aliphatic carbocycles. The van der Waals surface area contributed by atoms with Crippen molar-refractivity contribution in [3.8, 4) is 0 Å². The fraction of sp³-hybridized carbons (Fsp3) is 0.500. The molecule has 11 heteroatoms. The number of carbonyl (C=O) groups excluding carboxylic acids is 1. The van der Waals surface area contributed by atoms with Crippen LogP contribution in [0.4, 0.5) is 5.82 Å². The van der Waals surface area contributed by atoms with Crippen molar-refractivity contribution in [3.05, 3.63) is 22.6 Å². The number of nitrogens with one attached hydrogen (secondary N) is 1. The molecule has 0 radical (unpaired) electrons. The Labute approximate surface area is 108 Å². The van der Waals surface area contributed by atoms with Crippen LogP contribution in [0.25, 0.3) is 0 Å². The number of imidazole rings is 1. The summed E-state index contributed by atoms with van der Waals surface area (Å²) in [5.74, 6) is -0.819. The van der Waals surface area contributed by atoms with Gasteiger partial charge < -0.3 is 15.4 Å². The number of amides is 1. The van der Waals surface area contributed by atoms with Crippen LogP contribution in [0.5, 0.6) is 0 Å². The van der Waals surface area contributed by atoms with Crippen molar-refractivity contribution >= 4 is 21.8 Å².